The number of nitrogens with zero attached hydrogens (tertiary/aromatic N) is 1. The molecule has 10 heteroatoms. The number of amides is 2. The molecule has 1 aliphatic heterocycles. The fraction of sp³-hybridized carbons (Fsp3) is 0.676. The van der Waals surface area contributed by atoms with E-state index in [-0.39, 0.29) is 41.9 Å². The van der Waals surface area contributed by atoms with E-state index >= 15 is 0 Å². The molecule has 0 radical (unpaired) electrons. The first-order valence-corrected chi connectivity index (χ1v) is 16.4. The Kier molecular flexibility index (Phi) is 11.0. The average molecular weight is 614 g/mol. The van der Waals surface area contributed by atoms with Crippen LogP contribution in [-0.4, -0.2) is 68.3 Å². The molecule has 0 spiro atoms. The Hall–Kier alpha value is -2.98. The van der Waals surface area contributed by atoms with Crippen LogP contribution in [0.1, 0.15) is 86.7 Å². The molecule has 3 N–H and O–H groups in total. The highest BCUT2D eigenvalue weighted by Gasteiger charge is 2.47. The summed E-state index contributed by atoms with van der Waals surface area (Å²) in [5.41, 5.74) is 7.73. The van der Waals surface area contributed by atoms with Gasteiger partial charge in [-0.05, 0) is 75.0 Å². The van der Waals surface area contributed by atoms with Crippen LogP contribution in [0.15, 0.2) is 22.6 Å². The van der Waals surface area contributed by atoms with Crippen LogP contribution in [0.25, 0.3) is 11.0 Å². The van der Waals surface area contributed by atoms with Gasteiger partial charge in [-0.25, -0.2) is 9.18 Å². The Morgan fingerprint density at radius 2 is 1.82 bits per heavy atom. The second-order valence-corrected chi connectivity index (χ2v) is 13.0. The molecule has 0 bridgehead atoms. The minimum absolute atomic E-state index is 0.0468. The summed E-state index contributed by atoms with van der Waals surface area (Å²) in [4.78, 5) is 42.5. The lowest BCUT2D eigenvalue weighted by atomic mass is 9.76. The van der Waals surface area contributed by atoms with Gasteiger partial charge in [0.2, 0.25) is 17.6 Å². The van der Waals surface area contributed by atoms with Crippen LogP contribution >= 0.6 is 0 Å². The van der Waals surface area contributed by atoms with Crippen LogP contribution in [-0.2, 0) is 19.1 Å². The predicted molar refractivity (Wildman–Crippen MR) is 166 cm³/mol. The van der Waals surface area contributed by atoms with E-state index in [1.54, 1.807) is 26.2 Å². The first-order valence-electron chi connectivity index (χ1n) is 16.4. The number of fused-ring (bicyclic) bond motifs is 1. The fourth-order valence-electron chi connectivity index (χ4n) is 7.75. The van der Waals surface area contributed by atoms with Crippen LogP contribution in [0.2, 0.25) is 0 Å². The molecule has 5 rings (SSSR count). The fourth-order valence-corrected chi connectivity index (χ4v) is 7.75. The number of ether oxygens (including phenoxy) is 2. The molecule has 1 aromatic carbocycles. The molecule has 3 aliphatic rings. The van der Waals surface area contributed by atoms with Gasteiger partial charge in [0, 0.05) is 55.3 Å². The Balaban J connectivity index is 1.32. The molecule has 2 aliphatic carbocycles. The highest BCUT2D eigenvalue weighted by atomic mass is 19.1. The number of nitrogens with two attached hydrogens (primary N) is 1. The van der Waals surface area contributed by atoms with Gasteiger partial charge in [-0.15, -0.1) is 0 Å². The van der Waals surface area contributed by atoms with Crippen molar-refractivity contribution in [1.82, 2.24) is 4.90 Å². The summed E-state index contributed by atoms with van der Waals surface area (Å²) in [6.07, 6.45) is 10.00. The van der Waals surface area contributed by atoms with E-state index in [2.05, 4.69) is 5.32 Å². The maximum atomic E-state index is 14.1. The Morgan fingerprint density at radius 3 is 2.52 bits per heavy atom. The van der Waals surface area contributed by atoms with Crippen LogP contribution < -0.4 is 11.1 Å². The third-order valence-electron chi connectivity index (χ3n) is 10.3. The van der Waals surface area contributed by atoms with Crippen molar-refractivity contribution in [2.75, 3.05) is 38.9 Å². The van der Waals surface area contributed by atoms with E-state index in [1.807, 2.05) is 11.0 Å². The molecule has 242 valence electrons. The molecular weight excluding hydrogens is 565 g/mol. The summed E-state index contributed by atoms with van der Waals surface area (Å²) in [5.74, 6) is -0.0129. The number of methoxy groups -OCH3 is 1. The third kappa shape index (κ3) is 7.12. The lowest BCUT2D eigenvalue weighted by Crippen LogP contribution is -2.50. The molecule has 1 aromatic heterocycles. The van der Waals surface area contributed by atoms with Crippen LogP contribution in [0.3, 0.4) is 0 Å². The Labute approximate surface area is 259 Å². The van der Waals surface area contributed by atoms with Gasteiger partial charge in [0.15, 0.2) is 0 Å². The Morgan fingerprint density at radius 1 is 1.07 bits per heavy atom. The van der Waals surface area contributed by atoms with E-state index in [0.29, 0.717) is 55.2 Å². The van der Waals surface area contributed by atoms with Crippen molar-refractivity contribution in [1.29, 1.82) is 0 Å². The zero-order chi connectivity index (χ0) is 31.2. The SMILES string of the molecule is COCCCOC(=O)c1oc2ccc(NC(=O)[C@@H]3[C@H](C4CCCCC4)CCN3C(=O)[C@H]3CC[C@H]([C@H](N)CF)CC3)cc2c1C. The second kappa shape index (κ2) is 14.9. The van der Waals surface area contributed by atoms with Crippen molar-refractivity contribution >= 4 is 34.4 Å². The summed E-state index contributed by atoms with van der Waals surface area (Å²) in [6, 6.07) is 4.33. The molecule has 9 nitrogen and oxygen atoms in total. The summed E-state index contributed by atoms with van der Waals surface area (Å²) < 4.78 is 29.3. The van der Waals surface area contributed by atoms with E-state index in [0.717, 1.165) is 50.3 Å². The van der Waals surface area contributed by atoms with Crippen LogP contribution in [0.5, 0.6) is 0 Å². The molecule has 1 saturated heterocycles. The standard InChI is InChI=1S/C34H48FN3O6/c1-21-27-19-25(13-14-29(27)44-31(21)34(41)43-18-6-17-42-2)37-32(39)30-26(22-7-4-3-5-8-22)15-16-38(30)33(40)24-11-9-23(10-12-24)28(36)20-35/h13-14,19,22-24,26,28,30H,3-12,15-18,20,36H2,1-2H3,(H,37,39)/t23-,24-,26-,28+,30-/m0/s1. The van der Waals surface area contributed by atoms with Crippen molar-refractivity contribution in [3.63, 3.8) is 0 Å². The van der Waals surface area contributed by atoms with Gasteiger partial charge in [0.1, 0.15) is 18.3 Å². The minimum Gasteiger partial charge on any atom is -0.460 e. The number of carbonyl (C=O) groups is 3. The number of hydrogen-bond donors (Lipinski definition) is 2. The molecule has 0 unspecified atom stereocenters. The maximum Gasteiger partial charge on any atom is 0.374 e. The van der Waals surface area contributed by atoms with Gasteiger partial charge in [0.05, 0.1) is 6.61 Å². The summed E-state index contributed by atoms with van der Waals surface area (Å²) in [6.45, 7) is 2.57. The number of rotatable bonds is 11. The van der Waals surface area contributed by atoms with E-state index < -0.39 is 24.7 Å². The summed E-state index contributed by atoms with van der Waals surface area (Å²) in [7, 11) is 1.60. The van der Waals surface area contributed by atoms with Crippen molar-refractivity contribution < 1.29 is 32.7 Å². The number of likely N-dealkylation sites (tertiary alicyclic amines) is 1. The first-order chi connectivity index (χ1) is 21.3. The number of nitrogens with one attached hydrogen (secondary N) is 1. The molecule has 2 aromatic rings. The van der Waals surface area contributed by atoms with E-state index in [4.69, 9.17) is 19.6 Å². The van der Waals surface area contributed by atoms with Crippen LogP contribution in [0, 0.1) is 30.6 Å². The zero-order valence-electron chi connectivity index (χ0n) is 26.2. The normalized spacial score (nSPS) is 25.2. The molecule has 3 atom stereocenters. The van der Waals surface area contributed by atoms with Gasteiger partial charge in [0.25, 0.3) is 0 Å². The van der Waals surface area contributed by atoms with Crippen molar-refractivity contribution in [3.05, 3.63) is 29.5 Å². The van der Waals surface area contributed by atoms with Gasteiger partial charge in [-0.1, -0.05) is 32.1 Å². The van der Waals surface area contributed by atoms with E-state index in [1.165, 1.54) is 6.42 Å². The summed E-state index contributed by atoms with van der Waals surface area (Å²) in [5, 5.41) is 3.83. The van der Waals surface area contributed by atoms with Gasteiger partial charge >= 0.3 is 5.97 Å². The lowest BCUT2D eigenvalue weighted by Gasteiger charge is -2.36. The van der Waals surface area contributed by atoms with Crippen molar-refractivity contribution in [3.8, 4) is 0 Å². The van der Waals surface area contributed by atoms with Gasteiger partial charge in [-0.3, -0.25) is 9.59 Å². The second-order valence-electron chi connectivity index (χ2n) is 13.0. The van der Waals surface area contributed by atoms with Gasteiger partial charge in [-0.2, -0.15) is 0 Å². The highest BCUT2D eigenvalue weighted by molar-refractivity contribution is 6.01. The smallest absolute Gasteiger partial charge is 0.374 e. The number of hydrogen-bond acceptors (Lipinski definition) is 7. The number of furan rings is 1. The topological polar surface area (TPSA) is 124 Å². The molecule has 2 amide bonds. The first kappa shape index (κ1) is 32.4. The molecular formula is C34H48FN3O6. The van der Waals surface area contributed by atoms with Crippen molar-refractivity contribution in [2.24, 2.45) is 29.4 Å². The van der Waals surface area contributed by atoms with Gasteiger partial charge < -0.3 is 29.8 Å². The number of anilines is 1. The van der Waals surface area contributed by atoms with Crippen molar-refractivity contribution in [2.45, 2.75) is 89.6 Å². The number of alkyl halides is 1. The molecule has 3 fully saturated rings. The summed E-state index contributed by atoms with van der Waals surface area (Å²) >= 11 is 0. The minimum atomic E-state index is -0.537. The Bertz CT molecular complexity index is 1300. The largest absolute Gasteiger partial charge is 0.460 e. The quantitative estimate of drug-likeness (QED) is 0.243. The molecule has 44 heavy (non-hydrogen) atoms. The molecule has 2 heterocycles. The lowest BCUT2D eigenvalue weighted by molar-refractivity contribution is -0.142. The monoisotopic (exact) mass is 613 g/mol. The number of halogens is 1. The third-order valence-corrected chi connectivity index (χ3v) is 10.3. The number of esters is 1. The van der Waals surface area contributed by atoms with Crippen LogP contribution in [0.4, 0.5) is 10.1 Å². The number of carbonyl (C=O) groups excluding carboxylic acids is 3. The maximum absolute atomic E-state index is 14.1. The highest BCUT2D eigenvalue weighted by Crippen LogP contribution is 2.41. The number of benzene rings is 1. The zero-order valence-corrected chi connectivity index (χ0v) is 26.2. The number of aryl methyl sites for hydroxylation is 1. The average Bonchev–Trinajstić information content (AvgIpc) is 3.64. The van der Waals surface area contributed by atoms with E-state index in [9.17, 15) is 18.8 Å². The predicted octanol–water partition coefficient (Wildman–Crippen LogP) is 5.77. The molecule has 2 saturated carbocycles.